The van der Waals surface area contributed by atoms with Gasteiger partial charge in [0.25, 0.3) is 0 Å². The Morgan fingerprint density at radius 2 is 0.870 bits per heavy atom. The monoisotopic (exact) mass is 878 g/mol. The Labute approximate surface area is 399 Å². The molecule has 14 rings (SSSR count). The molecule has 0 bridgehead atoms. The van der Waals surface area contributed by atoms with Gasteiger partial charge in [-0.3, -0.25) is 0 Å². The van der Waals surface area contributed by atoms with E-state index in [4.69, 9.17) is 4.42 Å². The number of anilines is 3. The van der Waals surface area contributed by atoms with Crippen LogP contribution in [-0.2, 0) is 0 Å². The molecule has 14 aromatic rings. The maximum atomic E-state index is 7.01. The Kier molecular flexibility index (Phi) is 8.90. The normalized spacial score (nSPS) is 11.8. The van der Waals surface area contributed by atoms with Crippen molar-refractivity contribution >= 4 is 93.1 Å². The second-order valence-corrected chi connectivity index (χ2v) is 18.0. The molecule has 0 amide bonds. The highest BCUT2D eigenvalue weighted by atomic mass is 16.3. The number of fused-ring (bicyclic) bond motifs is 10. The summed E-state index contributed by atoms with van der Waals surface area (Å²) in [5.41, 5.74) is 15.2. The van der Waals surface area contributed by atoms with Gasteiger partial charge in [0.15, 0.2) is 0 Å². The van der Waals surface area contributed by atoms with Crippen molar-refractivity contribution in [2.45, 2.75) is 0 Å². The van der Waals surface area contributed by atoms with Crippen molar-refractivity contribution < 1.29 is 4.42 Å². The maximum absolute atomic E-state index is 7.01. The molecule has 3 heteroatoms. The van der Waals surface area contributed by atoms with Crippen molar-refractivity contribution in [3.05, 3.63) is 255 Å². The minimum Gasteiger partial charge on any atom is -0.455 e. The Morgan fingerprint density at radius 3 is 1.59 bits per heavy atom. The lowest BCUT2D eigenvalue weighted by molar-refractivity contribution is 0.670. The molecule has 0 radical (unpaired) electrons. The van der Waals surface area contributed by atoms with Gasteiger partial charge in [0.1, 0.15) is 11.2 Å². The third-order valence-corrected chi connectivity index (χ3v) is 14.2. The van der Waals surface area contributed by atoms with Gasteiger partial charge < -0.3 is 13.9 Å². The number of para-hydroxylation sites is 3. The van der Waals surface area contributed by atoms with Gasteiger partial charge in [-0.25, -0.2) is 0 Å². The average Bonchev–Trinajstić information content (AvgIpc) is 3.98. The third-order valence-electron chi connectivity index (χ3n) is 14.2. The number of furan rings is 1. The molecule has 0 saturated heterocycles. The van der Waals surface area contributed by atoms with Crippen molar-refractivity contribution in [2.24, 2.45) is 0 Å². The van der Waals surface area contributed by atoms with Crippen molar-refractivity contribution in [3.63, 3.8) is 0 Å². The lowest BCUT2D eigenvalue weighted by Gasteiger charge is -2.27. The Bertz CT molecular complexity index is 4250. The molecule has 0 aliphatic rings. The van der Waals surface area contributed by atoms with E-state index in [0.29, 0.717) is 0 Å². The van der Waals surface area contributed by atoms with Gasteiger partial charge in [-0.05, 0) is 133 Å². The molecule has 322 valence electrons. The summed E-state index contributed by atoms with van der Waals surface area (Å²) in [7, 11) is 0. The summed E-state index contributed by atoms with van der Waals surface area (Å²) >= 11 is 0. The van der Waals surface area contributed by atoms with Crippen LogP contribution in [0.1, 0.15) is 0 Å². The van der Waals surface area contributed by atoms with E-state index in [1.165, 1.54) is 76.4 Å². The summed E-state index contributed by atoms with van der Waals surface area (Å²) in [5, 5.41) is 12.1. The predicted molar refractivity (Wildman–Crippen MR) is 292 cm³/mol. The van der Waals surface area contributed by atoms with E-state index in [0.717, 1.165) is 55.8 Å². The zero-order valence-electron chi connectivity index (χ0n) is 37.6. The van der Waals surface area contributed by atoms with Crippen LogP contribution in [0.5, 0.6) is 0 Å². The molecule has 0 unspecified atom stereocenters. The fourth-order valence-electron chi connectivity index (χ4n) is 11.0. The van der Waals surface area contributed by atoms with Crippen LogP contribution in [0.4, 0.5) is 17.1 Å². The first-order valence-electron chi connectivity index (χ1n) is 23.7. The molecule has 0 spiro atoms. The molecule has 0 saturated carbocycles. The van der Waals surface area contributed by atoms with Crippen LogP contribution < -0.4 is 4.90 Å². The fraction of sp³-hybridized carbons (Fsp3) is 0. The molecular weight excluding hydrogens is 837 g/mol. The highest BCUT2D eigenvalue weighted by Crippen LogP contribution is 2.47. The molecule has 0 aliphatic heterocycles. The molecule has 0 aliphatic carbocycles. The first-order chi connectivity index (χ1) is 34.2. The number of aromatic nitrogens is 1. The topological polar surface area (TPSA) is 21.3 Å². The van der Waals surface area contributed by atoms with Crippen LogP contribution in [0, 0.1) is 0 Å². The van der Waals surface area contributed by atoms with Gasteiger partial charge >= 0.3 is 0 Å². The van der Waals surface area contributed by atoms with Crippen LogP contribution >= 0.6 is 0 Å². The van der Waals surface area contributed by atoms with E-state index < -0.39 is 0 Å². The predicted octanol–water partition coefficient (Wildman–Crippen LogP) is 18.6. The molecule has 0 N–H and O–H groups in total. The van der Waals surface area contributed by atoms with E-state index in [-0.39, 0.29) is 0 Å². The van der Waals surface area contributed by atoms with Crippen molar-refractivity contribution in [3.8, 4) is 39.1 Å². The summed E-state index contributed by atoms with van der Waals surface area (Å²) < 4.78 is 9.39. The third kappa shape index (κ3) is 6.29. The molecule has 0 atom stereocenters. The standard InChI is InChI=1S/C66H42N2O/c1-3-20-51-43(15-1)17-14-27-52(51)44-31-35-48(36-32-44)67(49-37-33-45(34-38-49)60-42-47-16-2-4-21-53(47)55-22-5-6-23-56(55)60)63-40-39-54(66-65(63)59-26-9-12-30-64(59)69-66)46-18-13-19-50(41-46)68-61-28-10-7-24-57(61)58-25-8-11-29-62(58)68/h1-42H. The average molecular weight is 879 g/mol. The number of nitrogens with zero attached hydrogens (tertiary/aromatic N) is 2. The van der Waals surface area contributed by atoms with Crippen LogP contribution in [0.25, 0.3) is 115 Å². The largest absolute Gasteiger partial charge is 0.455 e. The summed E-state index contributed by atoms with van der Waals surface area (Å²) in [5.74, 6) is 0. The van der Waals surface area contributed by atoms with Crippen molar-refractivity contribution in [1.82, 2.24) is 4.57 Å². The van der Waals surface area contributed by atoms with Crippen LogP contribution in [-0.4, -0.2) is 4.57 Å². The van der Waals surface area contributed by atoms with Crippen molar-refractivity contribution in [1.29, 1.82) is 0 Å². The summed E-state index contributed by atoms with van der Waals surface area (Å²) in [6.07, 6.45) is 0. The van der Waals surface area contributed by atoms with Crippen LogP contribution in [0.3, 0.4) is 0 Å². The minimum atomic E-state index is 0.851. The van der Waals surface area contributed by atoms with E-state index in [9.17, 15) is 0 Å². The lowest BCUT2D eigenvalue weighted by Crippen LogP contribution is -2.10. The van der Waals surface area contributed by atoms with E-state index in [1.807, 2.05) is 0 Å². The summed E-state index contributed by atoms with van der Waals surface area (Å²) in [6, 6.07) is 92.4. The summed E-state index contributed by atoms with van der Waals surface area (Å²) in [6.45, 7) is 0. The highest BCUT2D eigenvalue weighted by Gasteiger charge is 2.23. The SMILES string of the molecule is c1cc(-c2ccc(N(c3ccc(-c4cccc5ccccc45)cc3)c3ccc(-c4cc5ccccc5c5ccccc45)cc3)c3c2oc2ccccc23)cc(-n2c3ccccc3c3ccccc32)c1. The maximum Gasteiger partial charge on any atom is 0.145 e. The molecule has 3 nitrogen and oxygen atoms in total. The highest BCUT2D eigenvalue weighted by molar-refractivity contribution is 6.18. The molecule has 69 heavy (non-hydrogen) atoms. The second-order valence-electron chi connectivity index (χ2n) is 18.0. The van der Waals surface area contributed by atoms with Gasteiger partial charge in [-0.1, -0.05) is 182 Å². The first kappa shape index (κ1) is 39.0. The van der Waals surface area contributed by atoms with Gasteiger partial charge in [0, 0.05) is 38.8 Å². The van der Waals surface area contributed by atoms with Gasteiger partial charge in [0.2, 0.25) is 0 Å². The van der Waals surface area contributed by atoms with E-state index >= 15 is 0 Å². The minimum absolute atomic E-state index is 0.851. The molecular formula is C66H42N2O. The van der Waals surface area contributed by atoms with Crippen LogP contribution in [0.2, 0.25) is 0 Å². The quantitative estimate of drug-likeness (QED) is 0.149. The number of hydrogen-bond acceptors (Lipinski definition) is 2. The first-order valence-corrected chi connectivity index (χ1v) is 23.7. The molecule has 2 heterocycles. The molecule has 0 fully saturated rings. The van der Waals surface area contributed by atoms with Crippen molar-refractivity contribution in [2.75, 3.05) is 4.90 Å². The van der Waals surface area contributed by atoms with Crippen LogP contribution in [0.15, 0.2) is 259 Å². The van der Waals surface area contributed by atoms with E-state index in [1.54, 1.807) is 0 Å². The van der Waals surface area contributed by atoms with Gasteiger partial charge in [0.05, 0.1) is 22.1 Å². The van der Waals surface area contributed by atoms with Gasteiger partial charge in [-0.2, -0.15) is 0 Å². The van der Waals surface area contributed by atoms with E-state index in [2.05, 4.69) is 264 Å². The summed E-state index contributed by atoms with van der Waals surface area (Å²) in [4.78, 5) is 2.40. The zero-order chi connectivity index (χ0) is 45.4. The Morgan fingerprint density at radius 1 is 0.319 bits per heavy atom. The molecule has 2 aromatic heterocycles. The number of benzene rings is 12. The smallest absolute Gasteiger partial charge is 0.145 e. The second kappa shape index (κ2) is 15.7. The Hall–Kier alpha value is -9.18. The number of hydrogen-bond donors (Lipinski definition) is 0. The molecule has 12 aromatic carbocycles. The Balaban J connectivity index is 0.957. The fourth-order valence-corrected chi connectivity index (χ4v) is 11.0. The zero-order valence-corrected chi connectivity index (χ0v) is 37.6. The van der Waals surface area contributed by atoms with Gasteiger partial charge in [-0.15, -0.1) is 0 Å². The number of rotatable bonds is 7. The lowest BCUT2D eigenvalue weighted by atomic mass is 9.93.